The number of anilines is 1. The average molecular weight is 286 g/mol. The second-order valence-electron chi connectivity index (χ2n) is 5.43. The molecule has 0 spiro atoms. The van der Waals surface area contributed by atoms with E-state index in [0.29, 0.717) is 13.1 Å². The van der Waals surface area contributed by atoms with E-state index in [1.54, 1.807) is 8.99 Å². The number of nitrogen functional groups attached to an aromatic ring is 1. The summed E-state index contributed by atoms with van der Waals surface area (Å²) in [5, 5.41) is 4.03. The molecule has 1 saturated carbocycles. The van der Waals surface area contributed by atoms with Gasteiger partial charge in [0.25, 0.3) is 0 Å². The Morgan fingerprint density at radius 2 is 2.16 bits per heavy atom. The Morgan fingerprint density at radius 1 is 1.53 bits per heavy atom. The van der Waals surface area contributed by atoms with E-state index in [0.717, 1.165) is 12.8 Å². The minimum atomic E-state index is -3.53. The van der Waals surface area contributed by atoms with Crippen molar-refractivity contribution in [3.05, 3.63) is 6.20 Å². The van der Waals surface area contributed by atoms with Gasteiger partial charge < -0.3 is 5.73 Å². The van der Waals surface area contributed by atoms with Crippen LogP contribution in [0, 0.1) is 5.92 Å². The quantitative estimate of drug-likeness (QED) is 0.854. The number of sulfonamides is 1. The van der Waals surface area contributed by atoms with Crippen LogP contribution in [-0.4, -0.2) is 35.1 Å². The molecule has 2 rings (SSSR count). The van der Waals surface area contributed by atoms with Crippen LogP contribution in [0.25, 0.3) is 0 Å². The topological polar surface area (TPSA) is 81.2 Å². The normalized spacial score (nSPS) is 16.5. The summed E-state index contributed by atoms with van der Waals surface area (Å²) in [6.45, 7) is 7.07. The molecule has 1 aromatic rings. The zero-order valence-electron chi connectivity index (χ0n) is 11.7. The Balaban J connectivity index is 2.35. The molecule has 0 bridgehead atoms. The molecule has 0 saturated heterocycles. The van der Waals surface area contributed by atoms with E-state index in [9.17, 15) is 8.42 Å². The molecule has 0 atom stereocenters. The van der Waals surface area contributed by atoms with Gasteiger partial charge in [-0.2, -0.15) is 9.40 Å². The molecular weight excluding hydrogens is 264 g/mol. The Kier molecular flexibility index (Phi) is 3.87. The van der Waals surface area contributed by atoms with Crippen LogP contribution in [0.4, 0.5) is 5.82 Å². The van der Waals surface area contributed by atoms with Gasteiger partial charge in [-0.1, -0.05) is 13.8 Å². The molecular formula is C12H22N4O2S. The third-order valence-electron chi connectivity index (χ3n) is 3.16. The molecule has 2 N–H and O–H groups in total. The summed E-state index contributed by atoms with van der Waals surface area (Å²) in [7, 11) is -3.53. The van der Waals surface area contributed by atoms with Crippen LogP contribution in [0.3, 0.4) is 0 Å². The number of aromatic nitrogens is 2. The summed E-state index contributed by atoms with van der Waals surface area (Å²) in [6, 6.07) is 0.136. The lowest BCUT2D eigenvalue weighted by atomic mass is 10.2. The standard InChI is InChI=1S/C12H22N4O2S/c1-4-15-8-11(12(13)14-15)19(17,18)16(7-9(2)3)10-5-6-10/h8-10H,4-7H2,1-3H3,(H2,13,14). The number of hydrogen-bond acceptors (Lipinski definition) is 4. The van der Waals surface area contributed by atoms with Crippen LogP contribution >= 0.6 is 0 Å². The van der Waals surface area contributed by atoms with E-state index >= 15 is 0 Å². The highest BCUT2D eigenvalue weighted by molar-refractivity contribution is 7.89. The maximum Gasteiger partial charge on any atom is 0.248 e. The Bertz CT molecular complexity index is 546. The van der Waals surface area contributed by atoms with Crippen molar-refractivity contribution in [3.8, 4) is 0 Å². The van der Waals surface area contributed by atoms with Crippen molar-refractivity contribution in [3.63, 3.8) is 0 Å². The fraction of sp³-hybridized carbons (Fsp3) is 0.750. The molecule has 19 heavy (non-hydrogen) atoms. The molecule has 0 aliphatic heterocycles. The Labute approximate surface area is 114 Å². The van der Waals surface area contributed by atoms with Crippen molar-refractivity contribution in [2.45, 2.75) is 51.1 Å². The number of aryl methyl sites for hydroxylation is 1. The second kappa shape index (κ2) is 5.13. The van der Waals surface area contributed by atoms with Gasteiger partial charge in [0.2, 0.25) is 10.0 Å². The molecule has 0 amide bonds. The van der Waals surface area contributed by atoms with Gasteiger partial charge in [-0.25, -0.2) is 8.42 Å². The Morgan fingerprint density at radius 3 is 2.58 bits per heavy atom. The van der Waals surface area contributed by atoms with E-state index in [2.05, 4.69) is 5.10 Å². The molecule has 1 aliphatic carbocycles. The van der Waals surface area contributed by atoms with Gasteiger partial charge in [-0.05, 0) is 25.7 Å². The van der Waals surface area contributed by atoms with Gasteiger partial charge in [0, 0.05) is 25.3 Å². The fourth-order valence-corrected chi connectivity index (χ4v) is 3.98. The van der Waals surface area contributed by atoms with Crippen LogP contribution in [0.1, 0.15) is 33.6 Å². The first-order valence-electron chi connectivity index (χ1n) is 6.71. The number of hydrogen-bond donors (Lipinski definition) is 1. The molecule has 1 aliphatic rings. The van der Waals surface area contributed by atoms with Crippen molar-refractivity contribution >= 4 is 15.8 Å². The summed E-state index contributed by atoms with van der Waals surface area (Å²) >= 11 is 0. The first-order chi connectivity index (χ1) is 8.86. The number of nitrogens with zero attached hydrogens (tertiary/aromatic N) is 3. The van der Waals surface area contributed by atoms with Crippen LogP contribution in [0.2, 0.25) is 0 Å². The van der Waals surface area contributed by atoms with Crippen LogP contribution < -0.4 is 5.73 Å². The lowest BCUT2D eigenvalue weighted by Gasteiger charge is -2.23. The Hall–Kier alpha value is -1.08. The van der Waals surface area contributed by atoms with Crippen LogP contribution in [-0.2, 0) is 16.6 Å². The van der Waals surface area contributed by atoms with E-state index in [1.807, 2.05) is 20.8 Å². The molecule has 0 radical (unpaired) electrons. The van der Waals surface area contributed by atoms with Crippen LogP contribution in [0.15, 0.2) is 11.1 Å². The van der Waals surface area contributed by atoms with Crippen molar-refractivity contribution in [1.82, 2.24) is 14.1 Å². The van der Waals surface area contributed by atoms with Crippen molar-refractivity contribution < 1.29 is 8.42 Å². The SMILES string of the molecule is CCn1cc(S(=O)(=O)N(CC(C)C)C2CC2)c(N)n1. The lowest BCUT2D eigenvalue weighted by molar-refractivity contribution is 0.360. The molecule has 1 fully saturated rings. The van der Waals surface area contributed by atoms with Gasteiger partial charge in [-0.15, -0.1) is 0 Å². The van der Waals surface area contributed by atoms with Gasteiger partial charge in [0.15, 0.2) is 5.82 Å². The summed E-state index contributed by atoms with van der Waals surface area (Å²) < 4.78 is 28.5. The maximum absolute atomic E-state index is 12.7. The van der Waals surface area contributed by atoms with Crippen molar-refractivity contribution in [2.75, 3.05) is 12.3 Å². The molecule has 7 heteroatoms. The van der Waals surface area contributed by atoms with E-state index in [1.165, 1.54) is 6.20 Å². The second-order valence-corrected chi connectivity index (χ2v) is 7.29. The molecule has 0 unspecified atom stereocenters. The molecule has 6 nitrogen and oxygen atoms in total. The zero-order chi connectivity index (χ0) is 14.2. The summed E-state index contributed by atoms with van der Waals surface area (Å²) in [5.41, 5.74) is 5.75. The van der Waals surface area contributed by atoms with Crippen LogP contribution in [0.5, 0.6) is 0 Å². The lowest BCUT2D eigenvalue weighted by Crippen LogP contribution is -2.36. The van der Waals surface area contributed by atoms with Gasteiger partial charge in [-0.3, -0.25) is 4.68 Å². The average Bonchev–Trinajstić information content (AvgIpc) is 3.08. The number of nitrogens with two attached hydrogens (primary N) is 1. The third-order valence-corrected chi connectivity index (χ3v) is 5.10. The first-order valence-corrected chi connectivity index (χ1v) is 8.15. The predicted octanol–water partition coefficient (Wildman–Crippen LogP) is 1.29. The van der Waals surface area contributed by atoms with E-state index in [-0.39, 0.29) is 22.7 Å². The first kappa shape index (κ1) is 14.3. The fourth-order valence-electron chi connectivity index (χ4n) is 2.07. The van der Waals surface area contributed by atoms with Crippen molar-refractivity contribution in [2.24, 2.45) is 5.92 Å². The summed E-state index contributed by atoms with van der Waals surface area (Å²) in [5.74, 6) is 0.383. The molecule has 1 aromatic heterocycles. The maximum atomic E-state index is 12.7. The molecule has 108 valence electrons. The minimum Gasteiger partial charge on any atom is -0.381 e. The minimum absolute atomic E-state index is 0.0938. The van der Waals surface area contributed by atoms with E-state index < -0.39 is 10.0 Å². The van der Waals surface area contributed by atoms with E-state index in [4.69, 9.17) is 5.73 Å². The van der Waals surface area contributed by atoms with Gasteiger partial charge in [0.05, 0.1) is 0 Å². The summed E-state index contributed by atoms with van der Waals surface area (Å²) in [6.07, 6.45) is 3.40. The van der Waals surface area contributed by atoms with Gasteiger partial charge in [0.1, 0.15) is 4.90 Å². The highest BCUT2D eigenvalue weighted by Gasteiger charge is 2.39. The smallest absolute Gasteiger partial charge is 0.248 e. The summed E-state index contributed by atoms with van der Waals surface area (Å²) in [4.78, 5) is 0.141. The number of rotatable bonds is 6. The van der Waals surface area contributed by atoms with Crippen molar-refractivity contribution in [1.29, 1.82) is 0 Å². The van der Waals surface area contributed by atoms with Gasteiger partial charge >= 0.3 is 0 Å². The highest BCUT2D eigenvalue weighted by atomic mass is 32.2. The zero-order valence-corrected chi connectivity index (χ0v) is 12.5. The molecule has 0 aromatic carbocycles. The monoisotopic (exact) mass is 286 g/mol. The predicted molar refractivity (Wildman–Crippen MR) is 74.1 cm³/mol. The largest absolute Gasteiger partial charge is 0.381 e. The molecule has 1 heterocycles. The highest BCUT2D eigenvalue weighted by Crippen LogP contribution is 2.34. The third kappa shape index (κ3) is 2.92.